The highest BCUT2D eigenvalue weighted by Gasteiger charge is 2.24. The van der Waals surface area contributed by atoms with Gasteiger partial charge < -0.3 is 5.32 Å². The first-order chi connectivity index (χ1) is 12.8. The summed E-state index contributed by atoms with van der Waals surface area (Å²) in [5, 5.41) is 3.07. The monoisotopic (exact) mass is 388 g/mol. The van der Waals surface area contributed by atoms with Gasteiger partial charge in [-0.15, -0.1) is 0 Å². The zero-order valence-corrected chi connectivity index (χ0v) is 17.2. The van der Waals surface area contributed by atoms with Crippen molar-refractivity contribution >= 4 is 21.6 Å². The Balaban J connectivity index is 0.000000168. The molecule has 1 aromatic carbocycles. The van der Waals surface area contributed by atoms with E-state index in [2.05, 4.69) is 11.4 Å². The van der Waals surface area contributed by atoms with Crippen LogP contribution in [0.4, 0.5) is 5.69 Å². The van der Waals surface area contributed by atoms with Gasteiger partial charge in [-0.1, -0.05) is 6.07 Å². The first-order valence-electron chi connectivity index (χ1n) is 9.64. The van der Waals surface area contributed by atoms with E-state index in [-0.39, 0.29) is 11.7 Å². The van der Waals surface area contributed by atoms with Crippen LogP contribution in [0.15, 0.2) is 24.4 Å². The molecule has 2 aliphatic rings. The van der Waals surface area contributed by atoms with Gasteiger partial charge in [0.1, 0.15) is 0 Å². The van der Waals surface area contributed by atoms with Crippen LogP contribution in [-0.2, 0) is 40.5 Å². The number of nitrogens with one attached hydrogen (secondary N) is 1. The van der Waals surface area contributed by atoms with E-state index < -0.39 is 10.0 Å². The smallest absolute Gasteiger partial charge is 0.238 e. The highest BCUT2D eigenvalue weighted by atomic mass is 32.2. The SMILES string of the molecule is CC(=O)Nc1c2c(cc3c1CCC3)CCC2.CCS(=O)(=O)n1cccc1C. The lowest BCUT2D eigenvalue weighted by Crippen LogP contribution is -2.14. The fourth-order valence-corrected chi connectivity index (χ4v) is 5.08. The first kappa shape index (κ1) is 19.7. The minimum absolute atomic E-state index is 0.0643. The minimum atomic E-state index is -3.07. The van der Waals surface area contributed by atoms with Crippen LogP contribution >= 0.6 is 0 Å². The number of aromatic nitrogens is 1. The molecule has 0 unspecified atom stereocenters. The Bertz CT molecular complexity index is 926. The number of aryl methyl sites for hydroxylation is 3. The Hall–Kier alpha value is -2.08. The molecule has 2 aromatic rings. The van der Waals surface area contributed by atoms with Gasteiger partial charge in [0, 0.05) is 24.5 Å². The van der Waals surface area contributed by atoms with E-state index in [0.717, 1.165) is 24.2 Å². The number of hydrogen-bond donors (Lipinski definition) is 1. The number of rotatable bonds is 3. The third-order valence-corrected chi connectivity index (χ3v) is 7.08. The molecule has 1 heterocycles. The van der Waals surface area contributed by atoms with Crippen LogP contribution in [0.3, 0.4) is 0 Å². The van der Waals surface area contributed by atoms with Gasteiger partial charge in [0.2, 0.25) is 15.9 Å². The number of nitrogens with zero attached hydrogens (tertiary/aromatic N) is 1. The first-order valence-corrected chi connectivity index (χ1v) is 11.3. The molecule has 5 nitrogen and oxygen atoms in total. The van der Waals surface area contributed by atoms with Crippen LogP contribution in [0, 0.1) is 6.92 Å². The molecule has 6 heteroatoms. The van der Waals surface area contributed by atoms with Gasteiger partial charge in [0.05, 0.1) is 5.75 Å². The summed E-state index contributed by atoms with van der Waals surface area (Å²) in [6, 6.07) is 5.88. The number of carbonyl (C=O) groups is 1. The second kappa shape index (κ2) is 7.89. The Morgan fingerprint density at radius 1 is 1.11 bits per heavy atom. The third-order valence-electron chi connectivity index (χ3n) is 5.35. The Morgan fingerprint density at radius 2 is 1.70 bits per heavy atom. The van der Waals surface area contributed by atoms with Crippen molar-refractivity contribution in [3.05, 3.63) is 52.3 Å². The third kappa shape index (κ3) is 4.10. The van der Waals surface area contributed by atoms with Crippen molar-refractivity contribution in [1.29, 1.82) is 0 Å². The number of fused-ring (bicyclic) bond motifs is 2. The molecule has 2 aliphatic carbocycles. The summed E-state index contributed by atoms with van der Waals surface area (Å²) < 4.78 is 23.8. The molecule has 0 fully saturated rings. The van der Waals surface area contributed by atoms with Crippen molar-refractivity contribution < 1.29 is 13.2 Å². The van der Waals surface area contributed by atoms with Crippen molar-refractivity contribution in [2.24, 2.45) is 0 Å². The summed E-state index contributed by atoms with van der Waals surface area (Å²) in [6.07, 6.45) is 8.70. The van der Waals surface area contributed by atoms with Gasteiger partial charge in [-0.25, -0.2) is 8.42 Å². The largest absolute Gasteiger partial charge is 0.326 e. The van der Waals surface area contributed by atoms with E-state index in [0.29, 0.717) is 0 Å². The van der Waals surface area contributed by atoms with E-state index in [9.17, 15) is 13.2 Å². The zero-order chi connectivity index (χ0) is 19.6. The molecule has 1 N–H and O–H groups in total. The zero-order valence-electron chi connectivity index (χ0n) is 16.3. The van der Waals surface area contributed by atoms with E-state index in [1.54, 1.807) is 39.1 Å². The maximum absolute atomic E-state index is 11.3. The standard InChI is InChI=1S/C14H17NO.C7H11NO2S/c1-9(16)15-14-12-6-2-4-10(12)8-11-5-3-7-13(11)14;1-3-11(9,10)8-6-4-5-7(8)2/h8H,2-7H2,1H3,(H,15,16);4-6H,3H2,1-2H3. The Kier molecular flexibility index (Phi) is 5.75. The molecule has 146 valence electrons. The molecule has 0 radical (unpaired) electrons. The average Bonchev–Trinajstić information content (AvgIpc) is 3.34. The summed E-state index contributed by atoms with van der Waals surface area (Å²) in [4.78, 5) is 11.3. The van der Waals surface area contributed by atoms with Gasteiger partial charge in [-0.3, -0.25) is 8.77 Å². The number of amides is 1. The van der Waals surface area contributed by atoms with Gasteiger partial charge in [0.25, 0.3) is 0 Å². The van der Waals surface area contributed by atoms with E-state index in [1.807, 2.05) is 0 Å². The number of hydrogen-bond acceptors (Lipinski definition) is 3. The summed E-state index contributed by atoms with van der Waals surface area (Å²) >= 11 is 0. The Morgan fingerprint density at radius 3 is 2.15 bits per heavy atom. The minimum Gasteiger partial charge on any atom is -0.326 e. The van der Waals surface area contributed by atoms with Crippen LogP contribution in [0.25, 0.3) is 0 Å². The van der Waals surface area contributed by atoms with Gasteiger partial charge in [0.15, 0.2) is 0 Å². The molecular formula is C21H28N2O3S. The molecule has 1 amide bonds. The van der Waals surface area contributed by atoms with Crippen LogP contribution in [-0.4, -0.2) is 24.1 Å². The molecule has 1 aromatic heterocycles. The van der Waals surface area contributed by atoms with Crippen LogP contribution in [0.2, 0.25) is 0 Å². The summed E-state index contributed by atoms with van der Waals surface area (Å²) in [5.74, 6) is 0.206. The van der Waals surface area contributed by atoms with Gasteiger partial charge in [-0.05, 0) is 86.8 Å². The van der Waals surface area contributed by atoms with Crippen LogP contribution in [0.5, 0.6) is 0 Å². The summed E-state index contributed by atoms with van der Waals surface area (Å²) in [6.45, 7) is 5.01. The van der Waals surface area contributed by atoms with E-state index in [1.165, 1.54) is 51.9 Å². The van der Waals surface area contributed by atoms with Gasteiger partial charge >= 0.3 is 0 Å². The Labute approximate surface area is 161 Å². The molecular weight excluding hydrogens is 360 g/mol. The quantitative estimate of drug-likeness (QED) is 0.873. The molecule has 0 aliphatic heterocycles. The van der Waals surface area contributed by atoms with Crippen molar-refractivity contribution in [3.63, 3.8) is 0 Å². The molecule has 0 saturated heterocycles. The highest BCUT2D eigenvalue weighted by molar-refractivity contribution is 7.89. The number of carbonyl (C=O) groups excluding carboxylic acids is 1. The normalized spacial score (nSPS) is 14.9. The topological polar surface area (TPSA) is 68.2 Å². The maximum atomic E-state index is 11.3. The molecule has 0 bridgehead atoms. The summed E-state index contributed by atoms with van der Waals surface area (Å²) in [5.41, 5.74) is 7.70. The molecule has 0 spiro atoms. The van der Waals surface area contributed by atoms with E-state index >= 15 is 0 Å². The van der Waals surface area contributed by atoms with Crippen LogP contribution in [0.1, 0.15) is 54.6 Å². The lowest BCUT2D eigenvalue weighted by molar-refractivity contribution is -0.114. The second-order valence-electron chi connectivity index (χ2n) is 7.26. The highest BCUT2D eigenvalue weighted by Crippen LogP contribution is 2.38. The predicted octanol–water partition coefficient (Wildman–Crippen LogP) is 3.62. The van der Waals surface area contributed by atoms with Crippen LogP contribution < -0.4 is 5.32 Å². The molecule has 0 saturated carbocycles. The fourth-order valence-electron chi connectivity index (χ4n) is 4.05. The number of benzene rings is 1. The predicted molar refractivity (Wildman–Crippen MR) is 109 cm³/mol. The van der Waals surface area contributed by atoms with E-state index in [4.69, 9.17) is 0 Å². The maximum Gasteiger partial charge on any atom is 0.238 e. The molecule has 4 rings (SSSR count). The van der Waals surface area contributed by atoms with Crippen molar-refractivity contribution in [1.82, 2.24) is 3.97 Å². The molecule has 0 atom stereocenters. The fraction of sp³-hybridized carbons (Fsp3) is 0.476. The average molecular weight is 389 g/mol. The lowest BCUT2D eigenvalue weighted by Gasteiger charge is -2.14. The van der Waals surface area contributed by atoms with Crippen molar-refractivity contribution in [2.45, 2.75) is 59.3 Å². The molecule has 27 heavy (non-hydrogen) atoms. The number of anilines is 1. The van der Waals surface area contributed by atoms with Crippen molar-refractivity contribution in [3.8, 4) is 0 Å². The van der Waals surface area contributed by atoms with Gasteiger partial charge in [-0.2, -0.15) is 0 Å². The lowest BCUT2D eigenvalue weighted by atomic mass is 9.99. The van der Waals surface area contributed by atoms with Crippen molar-refractivity contribution in [2.75, 3.05) is 11.1 Å². The summed E-state index contributed by atoms with van der Waals surface area (Å²) in [7, 11) is -3.07. The second-order valence-corrected chi connectivity index (χ2v) is 9.40.